The van der Waals surface area contributed by atoms with Crippen LogP contribution in [0.3, 0.4) is 0 Å². The zero-order chi connectivity index (χ0) is 22.9. The van der Waals surface area contributed by atoms with Crippen molar-refractivity contribution >= 4 is 27.9 Å². The molecule has 0 spiro atoms. The van der Waals surface area contributed by atoms with Gasteiger partial charge in [-0.3, -0.25) is 14.0 Å². The number of aryl methyl sites for hydroxylation is 1. The third kappa shape index (κ3) is 3.98. The third-order valence-corrected chi connectivity index (χ3v) is 6.87. The Labute approximate surface area is 195 Å². The lowest BCUT2D eigenvalue weighted by Crippen LogP contribution is -2.49. The number of ether oxygens (including phenoxy) is 1. The van der Waals surface area contributed by atoms with Crippen molar-refractivity contribution in [3.63, 3.8) is 0 Å². The molecule has 0 bridgehead atoms. The minimum atomic E-state index is -0.320. The molecule has 1 amide bonds. The van der Waals surface area contributed by atoms with Crippen LogP contribution in [0.5, 0.6) is 5.75 Å². The molecule has 1 saturated heterocycles. The normalized spacial score (nSPS) is 14.0. The maximum atomic E-state index is 13.3. The number of benzene rings is 2. The Morgan fingerprint density at radius 3 is 2.36 bits per heavy atom. The summed E-state index contributed by atoms with van der Waals surface area (Å²) in [6.45, 7) is 4.50. The lowest BCUT2D eigenvalue weighted by Gasteiger charge is -2.36. The number of piperazine rings is 1. The molecule has 7 nitrogen and oxygen atoms in total. The molecule has 2 aromatic heterocycles. The van der Waals surface area contributed by atoms with E-state index in [0.29, 0.717) is 31.1 Å². The summed E-state index contributed by atoms with van der Waals surface area (Å²) in [7, 11) is 1.65. The summed E-state index contributed by atoms with van der Waals surface area (Å²) in [6.07, 6.45) is 1.42. The molecule has 0 unspecified atom stereocenters. The second-order valence-corrected chi connectivity index (χ2v) is 8.90. The van der Waals surface area contributed by atoms with Gasteiger partial charge in [-0.15, -0.1) is 11.3 Å². The van der Waals surface area contributed by atoms with Crippen LogP contribution >= 0.6 is 11.3 Å². The molecule has 0 radical (unpaired) electrons. The van der Waals surface area contributed by atoms with Crippen molar-refractivity contribution in [2.24, 2.45) is 0 Å². The first-order valence-electron chi connectivity index (χ1n) is 10.8. The maximum Gasteiger partial charge on any atom is 0.271 e. The van der Waals surface area contributed by atoms with Crippen LogP contribution in [0.25, 0.3) is 16.2 Å². The summed E-state index contributed by atoms with van der Waals surface area (Å²) in [4.78, 5) is 35.5. The SMILES string of the molecule is COc1ccc(N2CCN(C(=O)c3cnc4scc(-c5ccc(C)cc5)n4c3=O)CC2)cc1. The molecule has 0 atom stereocenters. The van der Waals surface area contributed by atoms with Crippen LogP contribution in [0.1, 0.15) is 15.9 Å². The van der Waals surface area contributed by atoms with Gasteiger partial charge >= 0.3 is 0 Å². The van der Waals surface area contributed by atoms with Gasteiger partial charge in [0, 0.05) is 43.4 Å². The Kier molecular flexibility index (Phi) is 5.60. The first-order valence-corrected chi connectivity index (χ1v) is 11.7. The largest absolute Gasteiger partial charge is 0.497 e. The molecule has 8 heteroatoms. The standard InChI is InChI=1S/C25H24N4O3S/c1-17-3-5-18(6-4-17)22-16-33-25-26-15-21(24(31)29(22)25)23(30)28-13-11-27(12-14-28)19-7-9-20(32-2)10-8-19/h3-10,15-16H,11-14H2,1-2H3. The van der Waals surface area contributed by atoms with E-state index in [2.05, 4.69) is 9.88 Å². The van der Waals surface area contributed by atoms with Crippen molar-refractivity contribution in [3.05, 3.63) is 81.6 Å². The van der Waals surface area contributed by atoms with Crippen LogP contribution < -0.4 is 15.2 Å². The van der Waals surface area contributed by atoms with Gasteiger partial charge in [0.2, 0.25) is 0 Å². The molecular formula is C25H24N4O3S. The number of carbonyl (C=O) groups excluding carboxylic acids is 1. The second-order valence-electron chi connectivity index (χ2n) is 8.06. The van der Waals surface area contributed by atoms with Crippen molar-refractivity contribution in [1.29, 1.82) is 0 Å². The van der Waals surface area contributed by atoms with Gasteiger partial charge in [-0.2, -0.15) is 0 Å². The van der Waals surface area contributed by atoms with Crippen LogP contribution in [-0.2, 0) is 0 Å². The number of carbonyl (C=O) groups is 1. The Hall–Kier alpha value is -3.65. The van der Waals surface area contributed by atoms with E-state index in [0.717, 1.165) is 28.3 Å². The highest BCUT2D eigenvalue weighted by Gasteiger charge is 2.26. The van der Waals surface area contributed by atoms with Gasteiger partial charge in [-0.05, 0) is 36.8 Å². The van der Waals surface area contributed by atoms with Gasteiger partial charge in [-0.25, -0.2) is 4.98 Å². The average Bonchev–Trinajstić information content (AvgIpc) is 3.30. The number of nitrogens with zero attached hydrogens (tertiary/aromatic N) is 4. The Bertz CT molecular complexity index is 1350. The van der Waals surface area contributed by atoms with E-state index < -0.39 is 0 Å². The molecule has 0 aliphatic carbocycles. The van der Waals surface area contributed by atoms with E-state index in [9.17, 15) is 9.59 Å². The second kappa shape index (κ2) is 8.71. The monoisotopic (exact) mass is 460 g/mol. The Morgan fingerprint density at radius 1 is 1.00 bits per heavy atom. The lowest BCUT2D eigenvalue weighted by atomic mass is 10.1. The lowest BCUT2D eigenvalue weighted by molar-refractivity contribution is 0.0744. The molecule has 0 saturated carbocycles. The first-order chi connectivity index (χ1) is 16.0. The highest BCUT2D eigenvalue weighted by molar-refractivity contribution is 7.15. The quantitative estimate of drug-likeness (QED) is 0.465. The van der Waals surface area contributed by atoms with Gasteiger partial charge in [0.15, 0.2) is 4.96 Å². The fourth-order valence-electron chi connectivity index (χ4n) is 4.10. The smallest absolute Gasteiger partial charge is 0.271 e. The van der Waals surface area contributed by atoms with E-state index in [-0.39, 0.29) is 17.0 Å². The van der Waals surface area contributed by atoms with Gasteiger partial charge < -0.3 is 14.5 Å². The van der Waals surface area contributed by atoms with E-state index in [1.165, 1.54) is 17.5 Å². The first kappa shape index (κ1) is 21.2. The number of hydrogen-bond acceptors (Lipinski definition) is 6. The van der Waals surface area contributed by atoms with Crippen LogP contribution in [-0.4, -0.2) is 53.5 Å². The zero-order valence-corrected chi connectivity index (χ0v) is 19.3. The van der Waals surface area contributed by atoms with Crippen molar-refractivity contribution in [3.8, 4) is 17.0 Å². The topological polar surface area (TPSA) is 67.2 Å². The van der Waals surface area contributed by atoms with Crippen LogP contribution in [0, 0.1) is 6.92 Å². The number of methoxy groups -OCH3 is 1. The number of anilines is 1. The minimum Gasteiger partial charge on any atom is -0.497 e. The molecule has 3 heterocycles. The van der Waals surface area contributed by atoms with Crippen LogP contribution in [0.4, 0.5) is 5.69 Å². The summed E-state index contributed by atoms with van der Waals surface area (Å²) < 4.78 is 6.78. The molecule has 1 aliphatic heterocycles. The third-order valence-electron chi connectivity index (χ3n) is 6.03. The number of thiazole rings is 1. The predicted molar refractivity (Wildman–Crippen MR) is 131 cm³/mol. The highest BCUT2D eigenvalue weighted by atomic mass is 32.1. The Morgan fingerprint density at radius 2 is 1.70 bits per heavy atom. The van der Waals surface area contributed by atoms with Gasteiger partial charge in [-0.1, -0.05) is 29.8 Å². The minimum absolute atomic E-state index is 0.108. The van der Waals surface area contributed by atoms with E-state index in [4.69, 9.17) is 4.74 Å². The Balaban J connectivity index is 1.37. The van der Waals surface area contributed by atoms with Gasteiger partial charge in [0.1, 0.15) is 11.3 Å². The summed E-state index contributed by atoms with van der Waals surface area (Å²) in [5.74, 6) is 0.548. The van der Waals surface area contributed by atoms with Gasteiger partial charge in [0.25, 0.3) is 11.5 Å². The van der Waals surface area contributed by atoms with Crippen molar-refractivity contribution in [1.82, 2.24) is 14.3 Å². The number of hydrogen-bond donors (Lipinski definition) is 0. The summed E-state index contributed by atoms with van der Waals surface area (Å²) >= 11 is 1.39. The molecule has 2 aromatic carbocycles. The maximum absolute atomic E-state index is 13.3. The van der Waals surface area contributed by atoms with Crippen LogP contribution in [0.15, 0.2) is 64.9 Å². The number of rotatable bonds is 4. The highest BCUT2D eigenvalue weighted by Crippen LogP contribution is 2.25. The zero-order valence-electron chi connectivity index (χ0n) is 18.5. The molecule has 1 aliphatic rings. The number of fused-ring (bicyclic) bond motifs is 1. The average molecular weight is 461 g/mol. The van der Waals surface area contributed by atoms with E-state index in [1.807, 2.05) is 60.8 Å². The number of aromatic nitrogens is 2. The summed E-state index contributed by atoms with van der Waals surface area (Å²) in [5.41, 5.74) is 3.71. The predicted octanol–water partition coefficient (Wildman–Crippen LogP) is 3.70. The molecule has 33 heavy (non-hydrogen) atoms. The van der Waals surface area contributed by atoms with E-state index in [1.54, 1.807) is 16.4 Å². The summed E-state index contributed by atoms with van der Waals surface area (Å²) in [5, 5.41) is 1.91. The van der Waals surface area contributed by atoms with Crippen molar-refractivity contribution in [2.45, 2.75) is 6.92 Å². The fourth-order valence-corrected chi connectivity index (χ4v) is 4.95. The van der Waals surface area contributed by atoms with Crippen LogP contribution in [0.2, 0.25) is 0 Å². The fraction of sp³-hybridized carbons (Fsp3) is 0.240. The molecule has 4 aromatic rings. The van der Waals surface area contributed by atoms with E-state index >= 15 is 0 Å². The molecule has 1 fully saturated rings. The molecule has 0 N–H and O–H groups in total. The molecule has 168 valence electrons. The van der Waals surface area contributed by atoms with Gasteiger partial charge in [0.05, 0.1) is 12.8 Å². The molecule has 5 rings (SSSR count). The molecular weight excluding hydrogens is 436 g/mol. The summed E-state index contributed by atoms with van der Waals surface area (Å²) in [6, 6.07) is 15.9. The number of amides is 1. The van der Waals surface area contributed by atoms with Crippen molar-refractivity contribution < 1.29 is 9.53 Å². The van der Waals surface area contributed by atoms with Crippen molar-refractivity contribution in [2.75, 3.05) is 38.2 Å².